The van der Waals surface area contributed by atoms with E-state index in [0.29, 0.717) is 0 Å². The molecule has 0 radical (unpaired) electrons. The number of anilines is 6. The van der Waals surface area contributed by atoms with Crippen molar-refractivity contribution < 1.29 is 0 Å². The molecule has 0 saturated heterocycles. The normalized spacial score (nSPS) is 12.6. The van der Waals surface area contributed by atoms with Crippen molar-refractivity contribution in [2.45, 2.75) is 25.7 Å². The molecule has 0 N–H and O–H groups in total. The molecule has 0 bridgehead atoms. The molecule has 0 fully saturated rings. The van der Waals surface area contributed by atoms with Crippen LogP contribution < -0.4 is 9.80 Å². The number of rotatable bonds is 10. The van der Waals surface area contributed by atoms with Crippen LogP contribution in [0.1, 0.15) is 35.1 Å². The minimum Gasteiger partial charge on any atom is -0.310 e. The molecule has 9 aromatic rings. The van der Waals surface area contributed by atoms with Gasteiger partial charge in [-0.15, -0.1) is 0 Å². The van der Waals surface area contributed by atoms with Gasteiger partial charge in [0.15, 0.2) is 0 Å². The molecule has 2 nitrogen and oxygen atoms in total. The Bertz CT molecular complexity index is 2890. The van der Waals surface area contributed by atoms with Gasteiger partial charge in [0.05, 0.1) is 11.4 Å². The quantitative estimate of drug-likeness (QED) is 0.136. The van der Waals surface area contributed by atoms with Crippen molar-refractivity contribution in [3.05, 3.63) is 253 Å². The van der Waals surface area contributed by atoms with Gasteiger partial charge in [0.25, 0.3) is 0 Å². The number of hydrogen-bond acceptors (Lipinski definition) is 2. The average Bonchev–Trinajstić information content (AvgIpc) is 3.38. The maximum absolute atomic E-state index is 2.41. The Morgan fingerprint density at radius 2 is 0.594 bits per heavy atom. The highest BCUT2D eigenvalue weighted by Crippen LogP contribution is 2.44. The summed E-state index contributed by atoms with van der Waals surface area (Å²) in [6, 6.07) is 79.8. The van der Waals surface area contributed by atoms with E-state index in [1.54, 1.807) is 0 Å². The predicted octanol–water partition coefficient (Wildman–Crippen LogP) is 17.2. The SMILES string of the molecule is C1=Cc2c(cccc2N(c2ccc(-c3ccccc3)cc2)c2ccc(-c3ccccc3-c3ccc(N(c4ccc(-c5ccccc5)cc4)c4cccc5c4C=CCC5)cc3)cc2)CC1. The van der Waals surface area contributed by atoms with E-state index in [1.807, 2.05) is 0 Å². The smallest absolute Gasteiger partial charge is 0.0536 e. The lowest BCUT2D eigenvalue weighted by Crippen LogP contribution is -2.13. The lowest BCUT2D eigenvalue weighted by atomic mass is 9.93. The van der Waals surface area contributed by atoms with Gasteiger partial charge in [0.1, 0.15) is 0 Å². The first-order valence-electron chi connectivity index (χ1n) is 22.5. The first-order chi connectivity index (χ1) is 31.7. The third-order valence-electron chi connectivity index (χ3n) is 12.8. The van der Waals surface area contributed by atoms with Crippen LogP contribution in [-0.2, 0) is 12.8 Å². The largest absolute Gasteiger partial charge is 0.310 e. The van der Waals surface area contributed by atoms with Gasteiger partial charge in [0.2, 0.25) is 0 Å². The Morgan fingerprint density at radius 1 is 0.266 bits per heavy atom. The fourth-order valence-electron chi connectivity index (χ4n) is 9.58. The Balaban J connectivity index is 0.938. The zero-order valence-corrected chi connectivity index (χ0v) is 35.8. The summed E-state index contributed by atoms with van der Waals surface area (Å²) in [5.41, 5.74) is 21.9. The molecule has 0 saturated carbocycles. The zero-order valence-electron chi connectivity index (χ0n) is 35.8. The van der Waals surface area contributed by atoms with Crippen LogP contribution in [0.4, 0.5) is 34.1 Å². The van der Waals surface area contributed by atoms with E-state index in [-0.39, 0.29) is 0 Å². The molecule has 306 valence electrons. The molecule has 0 atom stereocenters. The van der Waals surface area contributed by atoms with Crippen molar-refractivity contribution in [2.24, 2.45) is 0 Å². The maximum Gasteiger partial charge on any atom is 0.0536 e. The topological polar surface area (TPSA) is 6.48 Å². The highest BCUT2D eigenvalue weighted by atomic mass is 15.1. The molecule has 0 amide bonds. The molecule has 0 aliphatic heterocycles. The van der Waals surface area contributed by atoms with Crippen LogP contribution in [0.5, 0.6) is 0 Å². The van der Waals surface area contributed by atoms with Gasteiger partial charge in [-0.1, -0.05) is 182 Å². The van der Waals surface area contributed by atoms with E-state index >= 15 is 0 Å². The molecule has 9 aromatic carbocycles. The molecule has 11 rings (SSSR count). The second-order valence-electron chi connectivity index (χ2n) is 16.7. The van der Waals surface area contributed by atoms with E-state index in [2.05, 4.69) is 252 Å². The maximum atomic E-state index is 2.41. The molecule has 2 aliphatic carbocycles. The van der Waals surface area contributed by atoms with Crippen molar-refractivity contribution in [3.63, 3.8) is 0 Å². The Labute approximate surface area is 377 Å². The van der Waals surface area contributed by atoms with Gasteiger partial charge >= 0.3 is 0 Å². The minimum atomic E-state index is 1.06. The molecule has 0 spiro atoms. The van der Waals surface area contributed by atoms with E-state index in [4.69, 9.17) is 0 Å². The highest BCUT2D eigenvalue weighted by molar-refractivity contribution is 5.90. The van der Waals surface area contributed by atoms with Gasteiger partial charge < -0.3 is 9.80 Å². The van der Waals surface area contributed by atoms with Gasteiger partial charge in [-0.05, 0) is 142 Å². The lowest BCUT2D eigenvalue weighted by molar-refractivity contribution is 0.984. The van der Waals surface area contributed by atoms with Crippen LogP contribution in [-0.4, -0.2) is 0 Å². The second-order valence-corrected chi connectivity index (χ2v) is 16.7. The summed E-state index contributed by atoms with van der Waals surface area (Å²) < 4.78 is 0. The highest BCUT2D eigenvalue weighted by Gasteiger charge is 2.21. The van der Waals surface area contributed by atoms with Crippen molar-refractivity contribution in [1.82, 2.24) is 0 Å². The zero-order chi connectivity index (χ0) is 42.7. The van der Waals surface area contributed by atoms with E-state index in [0.717, 1.165) is 48.4 Å². The molecule has 0 unspecified atom stereocenters. The molecule has 64 heavy (non-hydrogen) atoms. The summed E-state index contributed by atoms with van der Waals surface area (Å²) in [6.45, 7) is 0. The molecule has 2 heteroatoms. The summed E-state index contributed by atoms with van der Waals surface area (Å²) in [5, 5.41) is 0. The van der Waals surface area contributed by atoms with Crippen molar-refractivity contribution in [1.29, 1.82) is 0 Å². The van der Waals surface area contributed by atoms with Gasteiger partial charge in [-0.3, -0.25) is 0 Å². The Hall–Kier alpha value is -7.94. The summed E-state index contributed by atoms with van der Waals surface area (Å²) in [4.78, 5) is 4.83. The van der Waals surface area contributed by atoms with Gasteiger partial charge in [-0.25, -0.2) is 0 Å². The van der Waals surface area contributed by atoms with E-state index in [9.17, 15) is 0 Å². The van der Waals surface area contributed by atoms with Crippen LogP contribution in [0.2, 0.25) is 0 Å². The Kier molecular flexibility index (Phi) is 10.6. The average molecular weight is 821 g/mol. The number of nitrogens with zero attached hydrogens (tertiary/aromatic N) is 2. The molecular weight excluding hydrogens is 773 g/mol. The molecular formula is C62H48N2. The summed E-state index contributed by atoms with van der Waals surface area (Å²) in [5.74, 6) is 0. The number of fused-ring (bicyclic) bond motifs is 2. The van der Waals surface area contributed by atoms with Crippen molar-refractivity contribution in [2.75, 3.05) is 9.80 Å². The summed E-state index contributed by atoms with van der Waals surface area (Å²) in [7, 11) is 0. The van der Waals surface area contributed by atoms with Gasteiger partial charge in [-0.2, -0.15) is 0 Å². The van der Waals surface area contributed by atoms with Gasteiger partial charge in [0, 0.05) is 33.9 Å². The van der Waals surface area contributed by atoms with Crippen LogP contribution in [0, 0.1) is 0 Å². The van der Waals surface area contributed by atoms with Crippen LogP contribution in [0.3, 0.4) is 0 Å². The fourth-order valence-corrected chi connectivity index (χ4v) is 9.58. The minimum absolute atomic E-state index is 1.06. The first-order valence-corrected chi connectivity index (χ1v) is 22.5. The predicted molar refractivity (Wildman–Crippen MR) is 272 cm³/mol. The second kappa shape index (κ2) is 17.4. The summed E-state index contributed by atoms with van der Waals surface area (Å²) in [6.07, 6.45) is 13.5. The first kappa shape index (κ1) is 38.9. The monoisotopic (exact) mass is 820 g/mol. The molecule has 0 aromatic heterocycles. The number of allylic oxidation sites excluding steroid dienone is 2. The fraction of sp³-hybridized carbons (Fsp3) is 0.0645. The molecule has 2 aliphatic rings. The summed E-state index contributed by atoms with van der Waals surface area (Å²) >= 11 is 0. The number of benzene rings is 9. The number of hydrogen-bond donors (Lipinski definition) is 0. The van der Waals surface area contributed by atoms with Crippen LogP contribution in [0.25, 0.3) is 56.7 Å². The van der Waals surface area contributed by atoms with Crippen LogP contribution in [0.15, 0.2) is 231 Å². The lowest BCUT2D eigenvalue weighted by Gasteiger charge is -2.29. The van der Waals surface area contributed by atoms with Crippen molar-refractivity contribution >= 4 is 46.3 Å². The van der Waals surface area contributed by atoms with E-state index < -0.39 is 0 Å². The number of aryl methyl sites for hydroxylation is 2. The van der Waals surface area contributed by atoms with Crippen LogP contribution >= 0.6 is 0 Å². The van der Waals surface area contributed by atoms with E-state index in [1.165, 1.54) is 78.1 Å². The third kappa shape index (κ3) is 7.65. The van der Waals surface area contributed by atoms with Crippen molar-refractivity contribution in [3.8, 4) is 44.5 Å². The Morgan fingerprint density at radius 3 is 0.969 bits per heavy atom. The molecule has 0 heterocycles. The third-order valence-corrected chi connectivity index (χ3v) is 12.8. The standard InChI is InChI=1S/C62H48N2/c1-3-15-45(16-4-1)47-29-37-53(38-30-47)63(61-27-13-21-49-19-7-9-25-59(49)61)55-41-33-51(34-42-55)57-23-11-12-24-58(57)52-35-43-56(44-36-52)64(62-28-14-22-50-20-8-10-26-60(50)62)54-39-31-48(32-40-54)46-17-5-2-6-18-46/h1-6,9-18,21-44H,7-8,19-20H2.